The fraction of sp³-hybridized carbons (Fsp3) is 0.391. The first-order chi connectivity index (χ1) is 13.2. The summed E-state index contributed by atoms with van der Waals surface area (Å²) in [4.78, 5) is 19.4. The van der Waals surface area contributed by atoms with Gasteiger partial charge in [-0.2, -0.15) is 0 Å². The Bertz CT molecular complexity index is 959. The fourth-order valence-electron chi connectivity index (χ4n) is 4.08. The summed E-state index contributed by atoms with van der Waals surface area (Å²) in [6, 6.07) is 16.9. The number of aromatic nitrogens is 2. The number of rotatable bonds is 6. The van der Waals surface area contributed by atoms with Gasteiger partial charge in [-0.1, -0.05) is 55.3 Å². The molecular weight excluding hydrogens is 334 g/mol. The van der Waals surface area contributed by atoms with Gasteiger partial charge in [-0.3, -0.25) is 4.79 Å². The van der Waals surface area contributed by atoms with Crippen LogP contribution >= 0.6 is 0 Å². The van der Waals surface area contributed by atoms with E-state index < -0.39 is 0 Å². The molecule has 0 N–H and O–H groups in total. The number of carbonyl (C=O) groups is 1. The highest BCUT2D eigenvalue weighted by Gasteiger charge is 2.33. The Morgan fingerprint density at radius 3 is 2.81 bits per heavy atom. The van der Waals surface area contributed by atoms with Crippen LogP contribution in [0.25, 0.3) is 11.0 Å². The van der Waals surface area contributed by atoms with Gasteiger partial charge in [-0.25, -0.2) is 4.98 Å². The van der Waals surface area contributed by atoms with Crippen molar-refractivity contribution in [2.75, 3.05) is 13.1 Å². The van der Waals surface area contributed by atoms with Gasteiger partial charge in [-0.15, -0.1) is 0 Å². The normalized spacial score (nSPS) is 17.2. The summed E-state index contributed by atoms with van der Waals surface area (Å²) in [5.74, 6) is 1.49. The van der Waals surface area contributed by atoms with E-state index in [-0.39, 0.29) is 11.8 Å². The van der Waals surface area contributed by atoms with Crippen LogP contribution < -0.4 is 0 Å². The minimum Gasteiger partial charge on any atom is -0.342 e. The Balaban J connectivity index is 1.69. The zero-order valence-electron chi connectivity index (χ0n) is 16.2. The monoisotopic (exact) mass is 361 g/mol. The number of aryl methyl sites for hydroxylation is 1. The van der Waals surface area contributed by atoms with Gasteiger partial charge in [-0.05, 0) is 31.0 Å². The maximum absolute atomic E-state index is 12.5. The van der Waals surface area contributed by atoms with Crippen molar-refractivity contribution in [3.8, 4) is 0 Å². The third kappa shape index (κ3) is 3.61. The molecule has 0 bridgehead atoms. The van der Waals surface area contributed by atoms with Crippen LogP contribution in [-0.2, 0) is 11.3 Å². The van der Waals surface area contributed by atoms with E-state index in [0.717, 1.165) is 49.3 Å². The number of hydrogen-bond acceptors (Lipinski definition) is 2. The van der Waals surface area contributed by atoms with Crippen LogP contribution in [-0.4, -0.2) is 33.4 Å². The lowest BCUT2D eigenvalue weighted by atomic mass is 10.1. The number of likely N-dealkylation sites (tertiary alicyclic amines) is 1. The first-order valence-corrected chi connectivity index (χ1v) is 9.94. The molecule has 4 nitrogen and oxygen atoms in total. The predicted octanol–water partition coefficient (Wildman–Crippen LogP) is 4.51. The van der Waals surface area contributed by atoms with Crippen molar-refractivity contribution in [3.63, 3.8) is 0 Å². The summed E-state index contributed by atoms with van der Waals surface area (Å²) in [7, 11) is 0. The molecule has 1 unspecified atom stereocenters. The second-order valence-electron chi connectivity index (χ2n) is 7.63. The highest BCUT2D eigenvalue weighted by atomic mass is 16.2. The molecule has 1 fully saturated rings. The van der Waals surface area contributed by atoms with Crippen molar-refractivity contribution in [1.29, 1.82) is 0 Å². The first kappa shape index (κ1) is 17.8. The van der Waals surface area contributed by atoms with Gasteiger partial charge in [0, 0.05) is 32.0 Å². The van der Waals surface area contributed by atoms with Crippen molar-refractivity contribution < 1.29 is 4.79 Å². The zero-order valence-corrected chi connectivity index (χ0v) is 16.2. The minimum absolute atomic E-state index is 0.173. The Morgan fingerprint density at radius 2 is 2.00 bits per heavy atom. The number of hydrogen-bond donors (Lipinski definition) is 0. The summed E-state index contributed by atoms with van der Waals surface area (Å²) in [5.41, 5.74) is 4.69. The van der Waals surface area contributed by atoms with Crippen LogP contribution in [0.3, 0.4) is 0 Å². The number of unbranched alkanes of at least 4 members (excludes halogenated alkanes) is 1. The molecule has 0 radical (unpaired) electrons. The van der Waals surface area contributed by atoms with E-state index >= 15 is 0 Å². The van der Waals surface area contributed by atoms with E-state index in [0.29, 0.717) is 6.42 Å². The molecule has 1 aliphatic heterocycles. The van der Waals surface area contributed by atoms with E-state index in [1.54, 1.807) is 0 Å². The molecule has 0 aliphatic carbocycles. The summed E-state index contributed by atoms with van der Waals surface area (Å²) in [6.45, 7) is 6.73. The van der Waals surface area contributed by atoms with Crippen molar-refractivity contribution in [2.45, 2.75) is 45.6 Å². The molecule has 3 aromatic rings. The van der Waals surface area contributed by atoms with Gasteiger partial charge < -0.3 is 9.47 Å². The Kier molecular flexibility index (Phi) is 4.97. The van der Waals surface area contributed by atoms with Crippen LogP contribution in [0.4, 0.5) is 0 Å². The number of para-hydroxylation sites is 2. The lowest BCUT2D eigenvalue weighted by molar-refractivity contribution is -0.127. The number of carbonyl (C=O) groups excluding carboxylic acids is 1. The summed E-state index contributed by atoms with van der Waals surface area (Å²) >= 11 is 0. The van der Waals surface area contributed by atoms with Crippen molar-refractivity contribution >= 4 is 16.9 Å². The maximum atomic E-state index is 12.5. The van der Waals surface area contributed by atoms with Gasteiger partial charge in [0.25, 0.3) is 0 Å². The highest BCUT2D eigenvalue weighted by molar-refractivity contribution is 5.81. The van der Waals surface area contributed by atoms with E-state index in [1.807, 2.05) is 11.0 Å². The second-order valence-corrected chi connectivity index (χ2v) is 7.63. The maximum Gasteiger partial charge on any atom is 0.223 e. The molecule has 4 heteroatoms. The molecule has 1 aliphatic rings. The van der Waals surface area contributed by atoms with Gasteiger partial charge in [0.05, 0.1) is 11.0 Å². The Morgan fingerprint density at radius 1 is 1.15 bits per heavy atom. The third-order valence-corrected chi connectivity index (χ3v) is 5.47. The van der Waals surface area contributed by atoms with Gasteiger partial charge >= 0.3 is 0 Å². The molecule has 0 saturated carbocycles. The summed E-state index contributed by atoms with van der Waals surface area (Å²) in [6.07, 6.45) is 2.75. The SMILES string of the molecule is CCCCN1CC(c2nc3ccccc3n2Cc2cccc(C)c2)CC1=O. The average molecular weight is 361 g/mol. The molecular formula is C23H27N3O. The lowest BCUT2D eigenvalue weighted by Gasteiger charge is -2.17. The third-order valence-electron chi connectivity index (χ3n) is 5.47. The topological polar surface area (TPSA) is 38.1 Å². The molecule has 1 aromatic heterocycles. The largest absolute Gasteiger partial charge is 0.342 e. The second kappa shape index (κ2) is 7.55. The summed E-state index contributed by atoms with van der Waals surface area (Å²) in [5, 5.41) is 0. The van der Waals surface area contributed by atoms with E-state index in [1.165, 1.54) is 11.1 Å². The molecule has 0 spiro atoms. The quantitative estimate of drug-likeness (QED) is 0.648. The standard InChI is InChI=1S/C23H27N3O/c1-3-4-12-25-16-19(14-22(25)27)23-24-20-10-5-6-11-21(20)26(23)15-18-9-7-8-17(2)13-18/h5-11,13,19H,3-4,12,14-16H2,1-2H3. The summed E-state index contributed by atoms with van der Waals surface area (Å²) < 4.78 is 2.31. The van der Waals surface area contributed by atoms with Crippen LogP contribution in [0.15, 0.2) is 48.5 Å². The number of benzene rings is 2. The fourth-order valence-corrected chi connectivity index (χ4v) is 4.08. The van der Waals surface area contributed by atoms with Crippen molar-refractivity contribution in [3.05, 3.63) is 65.5 Å². The van der Waals surface area contributed by atoms with Crippen LogP contribution in [0.1, 0.15) is 49.1 Å². The Labute approximate surface area is 160 Å². The molecule has 1 saturated heterocycles. The molecule has 2 heterocycles. The van der Waals surface area contributed by atoms with Gasteiger partial charge in [0.15, 0.2) is 0 Å². The Hall–Kier alpha value is -2.62. The lowest BCUT2D eigenvalue weighted by Crippen LogP contribution is -2.26. The van der Waals surface area contributed by atoms with E-state index in [9.17, 15) is 4.79 Å². The van der Waals surface area contributed by atoms with Crippen molar-refractivity contribution in [2.24, 2.45) is 0 Å². The number of imidazole rings is 1. The smallest absolute Gasteiger partial charge is 0.223 e. The minimum atomic E-state index is 0.173. The van der Waals surface area contributed by atoms with E-state index in [2.05, 4.69) is 60.9 Å². The number of nitrogens with zero attached hydrogens (tertiary/aromatic N) is 3. The highest BCUT2D eigenvalue weighted by Crippen LogP contribution is 2.31. The molecule has 1 atom stereocenters. The number of fused-ring (bicyclic) bond motifs is 1. The van der Waals surface area contributed by atoms with Crippen molar-refractivity contribution in [1.82, 2.24) is 14.5 Å². The first-order valence-electron chi connectivity index (χ1n) is 9.94. The molecule has 27 heavy (non-hydrogen) atoms. The van der Waals surface area contributed by atoms with Crippen LogP contribution in [0.5, 0.6) is 0 Å². The average Bonchev–Trinajstić information content (AvgIpc) is 3.21. The molecule has 140 valence electrons. The van der Waals surface area contributed by atoms with Crippen LogP contribution in [0, 0.1) is 6.92 Å². The van der Waals surface area contributed by atoms with Crippen LogP contribution in [0.2, 0.25) is 0 Å². The van der Waals surface area contributed by atoms with Gasteiger partial charge in [0.1, 0.15) is 5.82 Å². The molecule has 1 amide bonds. The predicted molar refractivity (Wildman–Crippen MR) is 109 cm³/mol. The van der Waals surface area contributed by atoms with Gasteiger partial charge in [0.2, 0.25) is 5.91 Å². The zero-order chi connectivity index (χ0) is 18.8. The molecule has 4 rings (SSSR count). The molecule has 2 aromatic carbocycles. The van der Waals surface area contributed by atoms with E-state index in [4.69, 9.17) is 4.98 Å². The number of amides is 1.